The van der Waals surface area contributed by atoms with Crippen LogP contribution in [0, 0.1) is 5.92 Å². The van der Waals surface area contributed by atoms with Gasteiger partial charge in [-0.3, -0.25) is 0 Å². The molecule has 0 saturated carbocycles. The van der Waals surface area contributed by atoms with E-state index in [4.69, 9.17) is 17.3 Å². The molecule has 1 rings (SSSR count). The molecule has 0 fully saturated rings. The molecule has 2 N–H and O–H groups in total. The second-order valence-electron chi connectivity index (χ2n) is 4.89. The Morgan fingerprint density at radius 1 is 1.35 bits per heavy atom. The molecule has 0 radical (unpaired) electrons. The predicted molar refractivity (Wildman–Crippen MR) is 76.8 cm³/mol. The molecule has 17 heavy (non-hydrogen) atoms. The molecule has 1 aromatic rings. The van der Waals surface area contributed by atoms with Gasteiger partial charge in [-0.25, -0.2) is 0 Å². The molecule has 2 nitrogen and oxygen atoms in total. The second-order valence-corrected chi connectivity index (χ2v) is 5.30. The van der Waals surface area contributed by atoms with Gasteiger partial charge in [0.1, 0.15) is 0 Å². The Bertz CT molecular complexity index is 363. The van der Waals surface area contributed by atoms with Gasteiger partial charge >= 0.3 is 0 Å². The normalized spacial score (nSPS) is 14.5. The van der Waals surface area contributed by atoms with Crippen LogP contribution in [0.2, 0.25) is 5.02 Å². The maximum absolute atomic E-state index is 6.30. The van der Waals surface area contributed by atoms with Crippen molar-refractivity contribution in [1.29, 1.82) is 0 Å². The van der Waals surface area contributed by atoms with Gasteiger partial charge in [0.25, 0.3) is 0 Å². The molecule has 0 aromatic heterocycles. The summed E-state index contributed by atoms with van der Waals surface area (Å²) >= 11 is 6.30. The lowest BCUT2D eigenvalue weighted by Gasteiger charge is -2.24. The van der Waals surface area contributed by atoms with E-state index in [0.717, 1.165) is 22.8 Å². The van der Waals surface area contributed by atoms with Crippen LogP contribution >= 0.6 is 11.6 Å². The molecule has 3 heteroatoms. The molecule has 0 spiro atoms. The molecule has 2 atom stereocenters. The average Bonchev–Trinajstić information content (AvgIpc) is 2.28. The molecule has 1 aromatic carbocycles. The minimum absolute atomic E-state index is 0.0291. The van der Waals surface area contributed by atoms with Crippen LogP contribution in [-0.4, -0.2) is 13.6 Å². The number of rotatable bonds is 5. The zero-order valence-corrected chi connectivity index (χ0v) is 12.0. The number of hydrogen-bond acceptors (Lipinski definition) is 2. The van der Waals surface area contributed by atoms with E-state index in [1.807, 2.05) is 13.0 Å². The predicted octanol–water partition coefficient (Wildman–Crippen LogP) is 3.84. The Balaban J connectivity index is 2.84. The van der Waals surface area contributed by atoms with Gasteiger partial charge in [-0.15, -0.1) is 0 Å². The van der Waals surface area contributed by atoms with E-state index in [1.165, 1.54) is 6.42 Å². The van der Waals surface area contributed by atoms with E-state index in [9.17, 15) is 0 Å². The lowest BCUT2D eigenvalue weighted by Crippen LogP contribution is -2.24. The molecular formula is C14H23ClN2. The van der Waals surface area contributed by atoms with E-state index in [0.29, 0.717) is 5.92 Å². The van der Waals surface area contributed by atoms with Crippen LogP contribution < -0.4 is 10.6 Å². The van der Waals surface area contributed by atoms with Crippen molar-refractivity contribution in [2.75, 3.05) is 18.5 Å². The number of benzene rings is 1. The average molecular weight is 255 g/mol. The van der Waals surface area contributed by atoms with E-state index in [-0.39, 0.29) is 6.04 Å². The quantitative estimate of drug-likeness (QED) is 0.865. The first-order valence-corrected chi connectivity index (χ1v) is 6.59. The van der Waals surface area contributed by atoms with Gasteiger partial charge in [-0.2, -0.15) is 0 Å². The summed E-state index contributed by atoms with van der Waals surface area (Å²) in [6.45, 7) is 7.45. The number of anilines is 1. The van der Waals surface area contributed by atoms with Gasteiger partial charge < -0.3 is 10.6 Å². The highest BCUT2D eigenvalue weighted by molar-refractivity contribution is 6.33. The molecule has 0 bridgehead atoms. The van der Waals surface area contributed by atoms with Crippen LogP contribution in [0.4, 0.5) is 5.69 Å². The number of hydrogen-bond donors (Lipinski definition) is 1. The van der Waals surface area contributed by atoms with Crippen LogP contribution in [0.15, 0.2) is 18.2 Å². The summed E-state index contributed by atoms with van der Waals surface area (Å²) in [4.78, 5) is 2.21. The van der Waals surface area contributed by atoms with Crippen molar-refractivity contribution < 1.29 is 0 Å². The van der Waals surface area contributed by atoms with Crippen LogP contribution in [0.5, 0.6) is 0 Å². The Morgan fingerprint density at radius 2 is 2.00 bits per heavy atom. The molecule has 0 aliphatic carbocycles. The largest absolute Gasteiger partial charge is 0.373 e. The topological polar surface area (TPSA) is 29.3 Å². The van der Waals surface area contributed by atoms with Crippen molar-refractivity contribution in [1.82, 2.24) is 0 Å². The van der Waals surface area contributed by atoms with Crippen molar-refractivity contribution in [2.24, 2.45) is 11.7 Å². The maximum atomic E-state index is 6.30. The Kier molecular flexibility index (Phi) is 5.29. The first-order chi connectivity index (χ1) is 7.95. The van der Waals surface area contributed by atoms with E-state index >= 15 is 0 Å². The molecule has 0 saturated heterocycles. The van der Waals surface area contributed by atoms with Crippen LogP contribution in [0.1, 0.15) is 38.8 Å². The fraction of sp³-hybridized carbons (Fsp3) is 0.571. The van der Waals surface area contributed by atoms with Crippen molar-refractivity contribution in [3.8, 4) is 0 Å². The third kappa shape index (κ3) is 3.90. The van der Waals surface area contributed by atoms with Crippen molar-refractivity contribution in [3.63, 3.8) is 0 Å². The molecule has 0 aliphatic heterocycles. The zero-order valence-electron chi connectivity index (χ0n) is 11.2. The summed E-state index contributed by atoms with van der Waals surface area (Å²) in [7, 11) is 2.08. The number of nitrogens with zero attached hydrogens (tertiary/aromatic N) is 1. The monoisotopic (exact) mass is 254 g/mol. The first-order valence-electron chi connectivity index (χ1n) is 6.21. The van der Waals surface area contributed by atoms with Gasteiger partial charge in [-0.1, -0.05) is 37.9 Å². The van der Waals surface area contributed by atoms with Crippen molar-refractivity contribution in [2.45, 2.75) is 33.2 Å². The third-order valence-electron chi connectivity index (χ3n) is 3.19. The van der Waals surface area contributed by atoms with E-state index in [1.54, 1.807) is 0 Å². The van der Waals surface area contributed by atoms with E-state index in [2.05, 4.69) is 37.9 Å². The Morgan fingerprint density at radius 3 is 2.47 bits per heavy atom. The summed E-state index contributed by atoms with van der Waals surface area (Å²) in [5, 5.41) is 0.783. The summed E-state index contributed by atoms with van der Waals surface area (Å²) < 4.78 is 0. The summed E-state index contributed by atoms with van der Waals surface area (Å²) in [6, 6.07) is 6.11. The highest BCUT2D eigenvalue weighted by atomic mass is 35.5. The van der Waals surface area contributed by atoms with E-state index < -0.39 is 0 Å². The third-order valence-corrected chi connectivity index (χ3v) is 3.49. The summed E-state index contributed by atoms with van der Waals surface area (Å²) in [6.07, 6.45) is 1.18. The highest BCUT2D eigenvalue weighted by Gasteiger charge is 2.10. The Hall–Kier alpha value is -0.730. The maximum Gasteiger partial charge on any atom is 0.0642 e. The Labute approximate surface area is 110 Å². The van der Waals surface area contributed by atoms with Crippen LogP contribution in [0.25, 0.3) is 0 Å². The fourth-order valence-electron chi connectivity index (χ4n) is 1.81. The SMILES string of the molecule is CCC(C)CN(C)c1ccc(C(C)N)cc1Cl. The van der Waals surface area contributed by atoms with Gasteiger partial charge in [0.15, 0.2) is 0 Å². The lowest BCUT2D eigenvalue weighted by atomic mass is 10.1. The second kappa shape index (κ2) is 6.27. The standard InChI is InChI=1S/C14H23ClN2/c1-5-10(2)9-17(4)14-7-6-12(11(3)16)8-13(14)15/h6-8,10-11H,5,9,16H2,1-4H3. The minimum atomic E-state index is 0.0291. The molecule has 96 valence electrons. The summed E-state index contributed by atoms with van der Waals surface area (Å²) in [5.74, 6) is 0.671. The molecule has 0 heterocycles. The fourth-order valence-corrected chi connectivity index (χ4v) is 2.14. The van der Waals surface area contributed by atoms with Crippen molar-refractivity contribution >= 4 is 17.3 Å². The van der Waals surface area contributed by atoms with Gasteiger partial charge in [0, 0.05) is 19.6 Å². The molecule has 2 unspecified atom stereocenters. The highest BCUT2D eigenvalue weighted by Crippen LogP contribution is 2.28. The molecule has 0 amide bonds. The first kappa shape index (κ1) is 14.3. The number of halogens is 1. The summed E-state index contributed by atoms with van der Waals surface area (Å²) in [5.41, 5.74) is 8.00. The van der Waals surface area contributed by atoms with Crippen molar-refractivity contribution in [3.05, 3.63) is 28.8 Å². The van der Waals surface area contributed by atoms with Gasteiger partial charge in [-0.05, 0) is 30.5 Å². The lowest BCUT2D eigenvalue weighted by molar-refractivity contribution is 0.560. The van der Waals surface area contributed by atoms with Crippen LogP contribution in [-0.2, 0) is 0 Å². The van der Waals surface area contributed by atoms with Gasteiger partial charge in [0.2, 0.25) is 0 Å². The number of nitrogens with two attached hydrogens (primary N) is 1. The zero-order chi connectivity index (χ0) is 13.0. The van der Waals surface area contributed by atoms with Crippen LogP contribution in [0.3, 0.4) is 0 Å². The molecule has 0 aliphatic rings. The smallest absolute Gasteiger partial charge is 0.0642 e. The molecular weight excluding hydrogens is 232 g/mol. The van der Waals surface area contributed by atoms with Gasteiger partial charge in [0.05, 0.1) is 10.7 Å². The minimum Gasteiger partial charge on any atom is -0.373 e.